The normalized spacial score (nSPS) is 12.9. The van der Waals surface area contributed by atoms with E-state index < -0.39 is 9.04 Å². The summed E-state index contributed by atoms with van der Waals surface area (Å²) < 4.78 is 5.81. The van der Waals surface area contributed by atoms with Crippen LogP contribution < -0.4 is 0 Å². The van der Waals surface area contributed by atoms with Gasteiger partial charge >= 0.3 is 0 Å². The molecule has 0 rings (SSSR count). The van der Waals surface area contributed by atoms with Crippen molar-refractivity contribution in [2.24, 2.45) is 0 Å². The van der Waals surface area contributed by atoms with Gasteiger partial charge in [0.2, 0.25) is 0 Å². The van der Waals surface area contributed by atoms with Crippen molar-refractivity contribution < 1.29 is 4.43 Å². The quantitative estimate of drug-likeness (QED) is 0.437. The van der Waals surface area contributed by atoms with Crippen LogP contribution >= 0.6 is 0 Å². The van der Waals surface area contributed by atoms with Crippen LogP contribution in [0.3, 0.4) is 0 Å². The van der Waals surface area contributed by atoms with Crippen LogP contribution in [-0.2, 0) is 4.43 Å². The van der Waals surface area contributed by atoms with Gasteiger partial charge in [0, 0.05) is 6.10 Å². The molecule has 0 heterocycles. The first-order valence-electron chi connectivity index (χ1n) is 4.58. The summed E-state index contributed by atoms with van der Waals surface area (Å²) in [4.78, 5) is 0. The fraction of sp³-hybridized carbons (Fsp3) is 0.600. The minimum atomic E-state index is -0.885. The van der Waals surface area contributed by atoms with Crippen molar-refractivity contribution >= 4 is 9.04 Å². The van der Waals surface area contributed by atoms with E-state index >= 15 is 0 Å². The Morgan fingerprint density at radius 2 is 2.00 bits per heavy atom. The Morgan fingerprint density at radius 1 is 1.33 bits per heavy atom. The molecule has 1 nitrogen and oxygen atoms in total. The highest BCUT2D eigenvalue weighted by molar-refractivity contribution is 6.48. The molecule has 2 heteroatoms. The van der Waals surface area contributed by atoms with E-state index in [1.807, 2.05) is 12.2 Å². The molecule has 0 saturated carbocycles. The molecule has 1 atom stereocenters. The summed E-state index contributed by atoms with van der Waals surface area (Å²) >= 11 is 0. The lowest BCUT2D eigenvalue weighted by atomic mass is 10.1. The molecule has 0 saturated heterocycles. The van der Waals surface area contributed by atoms with Gasteiger partial charge in [-0.15, -0.1) is 13.2 Å². The molecule has 1 unspecified atom stereocenters. The van der Waals surface area contributed by atoms with Crippen LogP contribution in [0.4, 0.5) is 0 Å². The lowest BCUT2D eigenvalue weighted by Crippen LogP contribution is -2.19. The molecule has 0 aliphatic carbocycles. The van der Waals surface area contributed by atoms with Gasteiger partial charge in [-0.3, -0.25) is 0 Å². The Bertz CT molecular complexity index is 132. The van der Waals surface area contributed by atoms with E-state index in [0.29, 0.717) is 6.10 Å². The molecule has 0 spiro atoms. The Morgan fingerprint density at radius 3 is 2.42 bits per heavy atom. The summed E-state index contributed by atoms with van der Waals surface area (Å²) in [5, 5.41) is 0. The van der Waals surface area contributed by atoms with Gasteiger partial charge < -0.3 is 4.43 Å². The molecular formula is C10H20OSi. The smallest absolute Gasteiger partial charge is 0.171 e. The third kappa shape index (κ3) is 6.37. The van der Waals surface area contributed by atoms with Gasteiger partial charge in [0.1, 0.15) is 0 Å². The van der Waals surface area contributed by atoms with Crippen molar-refractivity contribution in [2.75, 3.05) is 0 Å². The van der Waals surface area contributed by atoms with E-state index in [9.17, 15) is 0 Å². The van der Waals surface area contributed by atoms with E-state index in [2.05, 4.69) is 26.3 Å². The third-order valence-corrected chi connectivity index (χ3v) is 2.52. The van der Waals surface area contributed by atoms with Gasteiger partial charge in [-0.1, -0.05) is 12.2 Å². The molecule has 0 aromatic carbocycles. The summed E-state index contributed by atoms with van der Waals surface area (Å²) in [6.07, 6.45) is 7.36. The molecule has 0 aliphatic heterocycles. The van der Waals surface area contributed by atoms with Gasteiger partial charge in [-0.25, -0.2) is 0 Å². The Kier molecular flexibility index (Phi) is 7.10. The largest absolute Gasteiger partial charge is 0.417 e. The van der Waals surface area contributed by atoms with E-state index in [0.717, 1.165) is 19.3 Å². The molecular weight excluding hydrogens is 164 g/mol. The predicted molar refractivity (Wildman–Crippen MR) is 58.0 cm³/mol. The van der Waals surface area contributed by atoms with Crippen molar-refractivity contribution in [2.45, 2.75) is 38.5 Å². The second-order valence-corrected chi connectivity index (χ2v) is 5.57. The van der Waals surface area contributed by atoms with Crippen molar-refractivity contribution in [3.8, 4) is 0 Å². The average molecular weight is 184 g/mol. The van der Waals surface area contributed by atoms with E-state index in [1.54, 1.807) is 0 Å². The maximum Gasteiger partial charge on any atom is 0.171 e. The number of allylic oxidation sites excluding steroid dienone is 1. The Hall–Kier alpha value is -0.343. The number of rotatable bonds is 7. The van der Waals surface area contributed by atoms with Crippen LogP contribution in [0.15, 0.2) is 25.3 Å². The molecule has 0 radical (unpaired) electrons. The van der Waals surface area contributed by atoms with Gasteiger partial charge in [0.15, 0.2) is 9.04 Å². The second kappa shape index (κ2) is 7.31. The maximum atomic E-state index is 5.81. The van der Waals surface area contributed by atoms with Crippen molar-refractivity contribution in [3.63, 3.8) is 0 Å². The lowest BCUT2D eigenvalue weighted by Gasteiger charge is -2.17. The first-order valence-corrected chi connectivity index (χ1v) is 7.36. The fourth-order valence-electron chi connectivity index (χ4n) is 1.12. The van der Waals surface area contributed by atoms with Crippen LogP contribution in [0, 0.1) is 0 Å². The van der Waals surface area contributed by atoms with Crippen molar-refractivity contribution in [3.05, 3.63) is 25.3 Å². The minimum absolute atomic E-state index is 0.382. The zero-order chi connectivity index (χ0) is 9.40. The standard InChI is InChI=1S/C10H20OSi/c1-5-7-9-10(8-6-2)11-12(3)4/h5-6,10,12H,1-2,7-9H2,3-4H3. The first kappa shape index (κ1) is 11.7. The van der Waals surface area contributed by atoms with Crippen LogP contribution in [0.2, 0.25) is 13.1 Å². The molecule has 0 bridgehead atoms. The molecule has 0 aromatic heterocycles. The zero-order valence-corrected chi connectivity index (χ0v) is 9.41. The predicted octanol–water partition coefficient (Wildman–Crippen LogP) is 2.90. The van der Waals surface area contributed by atoms with E-state index in [4.69, 9.17) is 4.43 Å². The molecule has 0 amide bonds. The molecule has 0 N–H and O–H groups in total. The SMILES string of the molecule is C=CCCC(CC=C)O[SiH](C)C. The summed E-state index contributed by atoms with van der Waals surface area (Å²) in [5.74, 6) is 0. The second-order valence-electron chi connectivity index (χ2n) is 3.20. The molecule has 0 aliphatic rings. The summed E-state index contributed by atoms with van der Waals surface area (Å²) in [5.41, 5.74) is 0. The maximum absolute atomic E-state index is 5.81. The molecule has 70 valence electrons. The third-order valence-electron chi connectivity index (χ3n) is 1.59. The minimum Gasteiger partial charge on any atom is -0.417 e. The first-order chi connectivity index (χ1) is 5.70. The van der Waals surface area contributed by atoms with Gasteiger partial charge in [0.05, 0.1) is 0 Å². The Balaban J connectivity index is 3.68. The van der Waals surface area contributed by atoms with Crippen molar-refractivity contribution in [1.82, 2.24) is 0 Å². The highest BCUT2D eigenvalue weighted by Gasteiger charge is 2.07. The van der Waals surface area contributed by atoms with Crippen LogP contribution in [0.5, 0.6) is 0 Å². The summed E-state index contributed by atoms with van der Waals surface area (Å²) in [7, 11) is -0.885. The number of hydrogen-bond donors (Lipinski definition) is 0. The number of hydrogen-bond acceptors (Lipinski definition) is 1. The topological polar surface area (TPSA) is 9.23 Å². The summed E-state index contributed by atoms with van der Waals surface area (Å²) in [6, 6.07) is 0. The van der Waals surface area contributed by atoms with Crippen LogP contribution in [0.1, 0.15) is 19.3 Å². The van der Waals surface area contributed by atoms with Gasteiger partial charge in [0.25, 0.3) is 0 Å². The highest BCUT2D eigenvalue weighted by atomic mass is 28.3. The van der Waals surface area contributed by atoms with Gasteiger partial charge in [-0.2, -0.15) is 0 Å². The molecule has 12 heavy (non-hydrogen) atoms. The monoisotopic (exact) mass is 184 g/mol. The van der Waals surface area contributed by atoms with E-state index in [1.165, 1.54) is 0 Å². The fourth-order valence-corrected chi connectivity index (χ4v) is 2.13. The van der Waals surface area contributed by atoms with Gasteiger partial charge in [-0.05, 0) is 32.4 Å². The highest BCUT2D eigenvalue weighted by Crippen LogP contribution is 2.09. The Labute approximate surface area is 77.9 Å². The molecule has 0 aromatic rings. The van der Waals surface area contributed by atoms with Crippen LogP contribution in [-0.4, -0.2) is 15.1 Å². The zero-order valence-electron chi connectivity index (χ0n) is 8.25. The lowest BCUT2D eigenvalue weighted by molar-refractivity contribution is 0.198. The van der Waals surface area contributed by atoms with E-state index in [-0.39, 0.29) is 0 Å². The molecule has 0 fully saturated rings. The van der Waals surface area contributed by atoms with Crippen molar-refractivity contribution in [1.29, 1.82) is 0 Å². The summed E-state index contributed by atoms with van der Waals surface area (Å²) in [6.45, 7) is 11.8. The average Bonchev–Trinajstić information content (AvgIpc) is 2.00. The van der Waals surface area contributed by atoms with Crippen LogP contribution in [0.25, 0.3) is 0 Å².